The number of halogens is 1. The SMILES string of the molecule is CN=C(NCCc1cccc(C(=O)NC)c1)NCC(C)CN1CCCCC1.I. The Hall–Kier alpha value is -1.35. The topological polar surface area (TPSA) is 68.8 Å². The molecule has 0 aromatic heterocycles. The number of carbonyl (C=O) groups is 1. The van der Waals surface area contributed by atoms with E-state index in [9.17, 15) is 4.79 Å². The Morgan fingerprint density at radius 2 is 1.96 bits per heavy atom. The monoisotopic (exact) mass is 501 g/mol. The van der Waals surface area contributed by atoms with Crippen molar-refractivity contribution in [3.8, 4) is 0 Å². The summed E-state index contributed by atoms with van der Waals surface area (Å²) < 4.78 is 0. The lowest BCUT2D eigenvalue weighted by Crippen LogP contribution is -2.43. The second-order valence-corrected chi connectivity index (χ2v) is 7.38. The molecule has 158 valence electrons. The zero-order valence-electron chi connectivity index (χ0n) is 17.5. The molecular formula is C21H36IN5O. The Morgan fingerprint density at radius 1 is 1.21 bits per heavy atom. The first-order valence-electron chi connectivity index (χ1n) is 10.1. The van der Waals surface area contributed by atoms with E-state index in [1.807, 2.05) is 24.3 Å². The molecule has 0 bridgehead atoms. The summed E-state index contributed by atoms with van der Waals surface area (Å²) in [5.41, 5.74) is 1.83. The van der Waals surface area contributed by atoms with E-state index in [4.69, 9.17) is 0 Å². The fourth-order valence-electron chi connectivity index (χ4n) is 3.48. The van der Waals surface area contributed by atoms with Gasteiger partial charge < -0.3 is 20.9 Å². The van der Waals surface area contributed by atoms with Crippen LogP contribution in [-0.4, -0.2) is 63.6 Å². The van der Waals surface area contributed by atoms with Gasteiger partial charge in [0.15, 0.2) is 5.96 Å². The van der Waals surface area contributed by atoms with Crippen molar-refractivity contribution in [3.63, 3.8) is 0 Å². The van der Waals surface area contributed by atoms with E-state index in [0.717, 1.165) is 37.6 Å². The molecule has 0 spiro atoms. The lowest BCUT2D eigenvalue weighted by atomic mass is 10.1. The van der Waals surface area contributed by atoms with Crippen LogP contribution in [0.5, 0.6) is 0 Å². The molecule has 3 N–H and O–H groups in total. The van der Waals surface area contributed by atoms with Crippen molar-refractivity contribution >= 4 is 35.8 Å². The van der Waals surface area contributed by atoms with Crippen molar-refractivity contribution in [3.05, 3.63) is 35.4 Å². The van der Waals surface area contributed by atoms with Crippen molar-refractivity contribution in [2.75, 3.05) is 46.8 Å². The summed E-state index contributed by atoms with van der Waals surface area (Å²) in [6.07, 6.45) is 4.90. The van der Waals surface area contributed by atoms with Gasteiger partial charge in [-0.2, -0.15) is 0 Å². The molecule has 1 aliphatic heterocycles. The van der Waals surface area contributed by atoms with E-state index >= 15 is 0 Å². The average molecular weight is 501 g/mol. The Kier molecular flexibility index (Phi) is 12.1. The van der Waals surface area contributed by atoms with Gasteiger partial charge in [0.1, 0.15) is 0 Å². The summed E-state index contributed by atoms with van der Waals surface area (Å²) in [5.74, 6) is 1.37. The van der Waals surface area contributed by atoms with Crippen LogP contribution >= 0.6 is 24.0 Å². The van der Waals surface area contributed by atoms with Gasteiger partial charge in [0.05, 0.1) is 0 Å². The summed E-state index contributed by atoms with van der Waals surface area (Å²) in [6, 6.07) is 7.75. The van der Waals surface area contributed by atoms with Gasteiger partial charge in [0, 0.05) is 39.3 Å². The molecule has 1 heterocycles. The van der Waals surface area contributed by atoms with Crippen molar-refractivity contribution in [1.82, 2.24) is 20.9 Å². The summed E-state index contributed by atoms with van der Waals surface area (Å²) in [7, 11) is 3.45. The second-order valence-electron chi connectivity index (χ2n) is 7.38. The Balaban J connectivity index is 0.00000392. The van der Waals surface area contributed by atoms with Crippen LogP contribution < -0.4 is 16.0 Å². The number of likely N-dealkylation sites (tertiary alicyclic amines) is 1. The number of hydrogen-bond donors (Lipinski definition) is 3. The number of amides is 1. The minimum absolute atomic E-state index is 0. The van der Waals surface area contributed by atoms with Crippen LogP contribution in [0.1, 0.15) is 42.1 Å². The van der Waals surface area contributed by atoms with Gasteiger partial charge in [-0.15, -0.1) is 24.0 Å². The Labute approximate surface area is 187 Å². The molecule has 1 atom stereocenters. The maximum absolute atomic E-state index is 11.7. The van der Waals surface area contributed by atoms with Crippen LogP contribution in [0, 0.1) is 5.92 Å². The average Bonchev–Trinajstić information content (AvgIpc) is 2.70. The summed E-state index contributed by atoms with van der Waals surface area (Å²) in [4.78, 5) is 18.6. The van der Waals surface area contributed by atoms with Gasteiger partial charge in [0.2, 0.25) is 0 Å². The number of carbonyl (C=O) groups excluding carboxylic acids is 1. The fourth-order valence-corrected chi connectivity index (χ4v) is 3.48. The molecule has 1 aromatic rings. The van der Waals surface area contributed by atoms with E-state index < -0.39 is 0 Å². The quantitative estimate of drug-likeness (QED) is 0.291. The van der Waals surface area contributed by atoms with Gasteiger partial charge in [-0.3, -0.25) is 9.79 Å². The van der Waals surface area contributed by atoms with E-state index in [1.54, 1.807) is 14.1 Å². The predicted octanol–water partition coefficient (Wildman–Crippen LogP) is 2.49. The number of benzene rings is 1. The lowest BCUT2D eigenvalue weighted by Gasteiger charge is -2.29. The zero-order valence-corrected chi connectivity index (χ0v) is 19.8. The molecule has 0 aliphatic carbocycles. The third-order valence-electron chi connectivity index (χ3n) is 4.98. The number of guanidine groups is 1. The molecule has 28 heavy (non-hydrogen) atoms. The minimum Gasteiger partial charge on any atom is -0.356 e. The molecule has 6 nitrogen and oxygen atoms in total. The smallest absolute Gasteiger partial charge is 0.251 e. The van der Waals surface area contributed by atoms with Crippen LogP contribution in [0.3, 0.4) is 0 Å². The van der Waals surface area contributed by atoms with E-state index in [0.29, 0.717) is 11.5 Å². The summed E-state index contributed by atoms with van der Waals surface area (Å²) in [6.45, 7) is 7.62. The first-order valence-corrected chi connectivity index (χ1v) is 10.1. The number of hydrogen-bond acceptors (Lipinski definition) is 3. The standard InChI is InChI=1S/C21H35N5O.HI/c1-17(16-26-12-5-4-6-13-26)15-25-21(23-3)24-11-10-18-8-7-9-19(14-18)20(27)22-2;/h7-9,14,17H,4-6,10-13,15-16H2,1-3H3,(H,22,27)(H2,23,24,25);1H. The lowest BCUT2D eigenvalue weighted by molar-refractivity contribution is 0.0963. The highest BCUT2D eigenvalue weighted by molar-refractivity contribution is 14.0. The molecule has 0 saturated carbocycles. The van der Waals surface area contributed by atoms with Gasteiger partial charge in [-0.25, -0.2) is 0 Å². The molecular weight excluding hydrogens is 465 g/mol. The molecule has 1 aliphatic rings. The highest BCUT2D eigenvalue weighted by Crippen LogP contribution is 2.10. The summed E-state index contributed by atoms with van der Waals surface area (Å²) in [5, 5.41) is 9.46. The van der Waals surface area contributed by atoms with Crippen molar-refractivity contribution in [1.29, 1.82) is 0 Å². The highest BCUT2D eigenvalue weighted by Gasteiger charge is 2.13. The van der Waals surface area contributed by atoms with Crippen molar-refractivity contribution in [2.24, 2.45) is 10.9 Å². The van der Waals surface area contributed by atoms with Crippen molar-refractivity contribution in [2.45, 2.75) is 32.6 Å². The van der Waals surface area contributed by atoms with E-state index in [2.05, 4.69) is 32.8 Å². The van der Waals surface area contributed by atoms with Gasteiger partial charge in [-0.05, 0) is 56.0 Å². The number of aliphatic imine (C=N–C) groups is 1. The first kappa shape index (κ1) is 24.7. The second kappa shape index (κ2) is 13.8. The molecule has 1 fully saturated rings. The third kappa shape index (κ3) is 8.77. The van der Waals surface area contributed by atoms with Crippen LogP contribution in [0.2, 0.25) is 0 Å². The summed E-state index contributed by atoms with van der Waals surface area (Å²) >= 11 is 0. The molecule has 1 saturated heterocycles. The number of nitrogens with zero attached hydrogens (tertiary/aromatic N) is 2. The Morgan fingerprint density at radius 3 is 2.64 bits per heavy atom. The van der Waals surface area contributed by atoms with Gasteiger partial charge in [0.25, 0.3) is 5.91 Å². The minimum atomic E-state index is -0.0509. The molecule has 7 heteroatoms. The van der Waals surface area contributed by atoms with Crippen molar-refractivity contribution < 1.29 is 4.79 Å². The maximum atomic E-state index is 11.7. The van der Waals surface area contributed by atoms with Gasteiger partial charge in [-0.1, -0.05) is 25.5 Å². The normalized spacial score (nSPS) is 16.0. The van der Waals surface area contributed by atoms with E-state index in [1.165, 1.54) is 32.4 Å². The van der Waals surface area contributed by atoms with Crippen LogP contribution in [-0.2, 0) is 6.42 Å². The van der Waals surface area contributed by atoms with Gasteiger partial charge >= 0.3 is 0 Å². The fraction of sp³-hybridized carbons (Fsp3) is 0.619. The maximum Gasteiger partial charge on any atom is 0.251 e. The van der Waals surface area contributed by atoms with Crippen LogP contribution in [0.15, 0.2) is 29.3 Å². The van der Waals surface area contributed by atoms with Crippen LogP contribution in [0.25, 0.3) is 0 Å². The van der Waals surface area contributed by atoms with E-state index in [-0.39, 0.29) is 29.9 Å². The Bertz CT molecular complexity index is 617. The number of nitrogens with one attached hydrogen (secondary N) is 3. The largest absolute Gasteiger partial charge is 0.356 e. The predicted molar refractivity (Wildman–Crippen MR) is 128 cm³/mol. The molecule has 2 rings (SSSR count). The molecule has 1 aromatic carbocycles. The molecule has 1 amide bonds. The molecule has 1 unspecified atom stereocenters. The van der Waals surface area contributed by atoms with Crippen LogP contribution in [0.4, 0.5) is 0 Å². The zero-order chi connectivity index (χ0) is 19.5. The number of piperidine rings is 1. The first-order chi connectivity index (χ1) is 13.1. The third-order valence-corrected chi connectivity index (χ3v) is 4.98. The highest BCUT2D eigenvalue weighted by atomic mass is 127. The molecule has 0 radical (unpaired) electrons. The number of rotatable bonds is 8.